The van der Waals surface area contributed by atoms with E-state index in [1.807, 2.05) is 48.5 Å². The minimum Gasteiger partial charge on any atom is -0.497 e. The molecule has 0 aliphatic rings. The van der Waals surface area contributed by atoms with Gasteiger partial charge in [-0.3, -0.25) is 4.79 Å². The Labute approximate surface area is 169 Å². The van der Waals surface area contributed by atoms with Crippen molar-refractivity contribution in [2.45, 2.75) is 13.1 Å². The predicted octanol–water partition coefficient (Wildman–Crippen LogP) is 4.59. The maximum Gasteiger partial charge on any atom is 0.254 e. The Hall–Kier alpha value is -3.05. The maximum absolute atomic E-state index is 13.1. The van der Waals surface area contributed by atoms with Gasteiger partial charge in [0, 0.05) is 24.8 Å². The zero-order chi connectivity index (χ0) is 19.9. The Morgan fingerprint density at radius 1 is 0.893 bits per heavy atom. The molecule has 1 aromatic heterocycles. The summed E-state index contributed by atoms with van der Waals surface area (Å²) in [6, 6.07) is 18.6. The van der Waals surface area contributed by atoms with E-state index < -0.39 is 0 Å². The lowest BCUT2D eigenvalue weighted by Gasteiger charge is -2.23. The second-order valence-corrected chi connectivity index (χ2v) is 6.61. The van der Waals surface area contributed by atoms with Gasteiger partial charge in [0.25, 0.3) is 5.91 Å². The highest BCUT2D eigenvalue weighted by atomic mass is 35.5. The van der Waals surface area contributed by atoms with Crippen LogP contribution < -0.4 is 9.47 Å². The summed E-state index contributed by atoms with van der Waals surface area (Å²) in [7, 11) is 3.25. The van der Waals surface area contributed by atoms with Crippen LogP contribution in [0.3, 0.4) is 0 Å². The number of aromatic nitrogens is 1. The molecular weight excluding hydrogens is 376 g/mol. The number of pyridine rings is 1. The van der Waals surface area contributed by atoms with Crippen LogP contribution in [0.15, 0.2) is 66.9 Å². The van der Waals surface area contributed by atoms with Gasteiger partial charge >= 0.3 is 0 Å². The number of hydrogen-bond donors (Lipinski definition) is 0. The van der Waals surface area contributed by atoms with Crippen molar-refractivity contribution < 1.29 is 14.3 Å². The number of amides is 1. The van der Waals surface area contributed by atoms with Gasteiger partial charge < -0.3 is 14.4 Å². The first-order valence-electron chi connectivity index (χ1n) is 8.75. The lowest BCUT2D eigenvalue weighted by molar-refractivity contribution is 0.0730. The van der Waals surface area contributed by atoms with Crippen LogP contribution in [0, 0.1) is 0 Å². The van der Waals surface area contributed by atoms with E-state index in [2.05, 4.69) is 4.98 Å². The predicted molar refractivity (Wildman–Crippen MR) is 109 cm³/mol. The van der Waals surface area contributed by atoms with Gasteiger partial charge in [-0.05, 0) is 47.5 Å². The number of carbonyl (C=O) groups excluding carboxylic acids is 1. The van der Waals surface area contributed by atoms with Gasteiger partial charge in [-0.25, -0.2) is 4.98 Å². The zero-order valence-electron chi connectivity index (χ0n) is 15.8. The lowest BCUT2D eigenvalue weighted by atomic mass is 10.1. The van der Waals surface area contributed by atoms with Crippen LogP contribution in [0.5, 0.6) is 11.5 Å². The normalized spacial score (nSPS) is 10.4. The van der Waals surface area contributed by atoms with Crippen molar-refractivity contribution in [3.8, 4) is 11.5 Å². The van der Waals surface area contributed by atoms with Gasteiger partial charge in [0.15, 0.2) is 0 Å². The van der Waals surface area contributed by atoms with Crippen molar-refractivity contribution in [3.05, 3.63) is 88.7 Å². The molecule has 1 heterocycles. The first-order chi connectivity index (χ1) is 13.6. The highest BCUT2D eigenvalue weighted by molar-refractivity contribution is 6.29. The highest BCUT2D eigenvalue weighted by Crippen LogP contribution is 2.19. The summed E-state index contributed by atoms with van der Waals surface area (Å²) in [6.07, 6.45) is 1.54. The minimum absolute atomic E-state index is 0.115. The summed E-state index contributed by atoms with van der Waals surface area (Å²) in [5, 5.41) is 0.291. The van der Waals surface area contributed by atoms with Gasteiger partial charge in [-0.15, -0.1) is 0 Å². The number of ether oxygens (including phenoxy) is 2. The number of methoxy groups -OCH3 is 2. The van der Waals surface area contributed by atoms with E-state index >= 15 is 0 Å². The van der Waals surface area contributed by atoms with Crippen LogP contribution >= 0.6 is 11.6 Å². The van der Waals surface area contributed by atoms with Gasteiger partial charge in [0.05, 0.1) is 14.2 Å². The molecule has 0 bridgehead atoms. The Balaban J connectivity index is 1.86. The molecule has 0 saturated heterocycles. The first-order valence-corrected chi connectivity index (χ1v) is 9.13. The molecule has 0 saturated carbocycles. The van der Waals surface area contributed by atoms with Crippen molar-refractivity contribution in [3.63, 3.8) is 0 Å². The highest BCUT2D eigenvalue weighted by Gasteiger charge is 2.17. The average molecular weight is 397 g/mol. The molecule has 0 aliphatic carbocycles. The van der Waals surface area contributed by atoms with E-state index in [4.69, 9.17) is 21.1 Å². The molecule has 28 heavy (non-hydrogen) atoms. The molecule has 6 heteroatoms. The number of benzene rings is 2. The fraction of sp³-hybridized carbons (Fsp3) is 0.182. The average Bonchev–Trinajstić information content (AvgIpc) is 2.74. The molecule has 0 atom stereocenters. The molecule has 5 nitrogen and oxygen atoms in total. The quantitative estimate of drug-likeness (QED) is 0.548. The van der Waals surface area contributed by atoms with E-state index in [1.54, 1.807) is 31.3 Å². The molecular formula is C22H21ClN2O3. The van der Waals surface area contributed by atoms with Crippen molar-refractivity contribution >= 4 is 17.5 Å². The van der Waals surface area contributed by atoms with E-state index in [-0.39, 0.29) is 5.91 Å². The van der Waals surface area contributed by atoms with Gasteiger partial charge in [-0.2, -0.15) is 0 Å². The maximum atomic E-state index is 13.1. The van der Waals surface area contributed by atoms with Crippen LogP contribution in [0.2, 0.25) is 5.15 Å². The van der Waals surface area contributed by atoms with Crippen LogP contribution in [0.4, 0.5) is 0 Å². The standard InChI is InChI=1S/C22H21ClN2O3/c1-27-19-7-3-16(4-8-19)14-25(15-17-5-9-20(28-2)10-6-17)22(26)18-11-12-24-21(23)13-18/h3-13H,14-15H2,1-2H3. The number of nitrogens with zero attached hydrogens (tertiary/aromatic N) is 2. The number of carbonyl (C=O) groups is 1. The third-order valence-electron chi connectivity index (χ3n) is 4.33. The summed E-state index contributed by atoms with van der Waals surface area (Å²) in [5.74, 6) is 1.44. The second-order valence-electron chi connectivity index (χ2n) is 6.22. The van der Waals surface area contributed by atoms with Crippen molar-refractivity contribution in [2.24, 2.45) is 0 Å². The molecule has 0 N–H and O–H groups in total. The summed E-state index contributed by atoms with van der Waals surface area (Å²) in [5.41, 5.74) is 2.51. The number of rotatable bonds is 7. The molecule has 0 aliphatic heterocycles. The molecule has 0 spiro atoms. The van der Waals surface area contributed by atoms with Crippen LogP contribution in [0.25, 0.3) is 0 Å². The SMILES string of the molecule is COc1ccc(CN(Cc2ccc(OC)cc2)C(=O)c2ccnc(Cl)c2)cc1. The topological polar surface area (TPSA) is 51.7 Å². The fourth-order valence-electron chi connectivity index (χ4n) is 2.82. The second kappa shape index (κ2) is 9.24. The van der Waals surface area contributed by atoms with Crippen LogP contribution in [-0.2, 0) is 13.1 Å². The molecule has 0 unspecified atom stereocenters. The summed E-state index contributed by atoms with van der Waals surface area (Å²) in [6.45, 7) is 0.906. The molecule has 0 radical (unpaired) electrons. The van der Waals surface area contributed by atoms with E-state index in [9.17, 15) is 4.79 Å². The first kappa shape index (κ1) is 19.7. The minimum atomic E-state index is -0.115. The third kappa shape index (κ3) is 5.02. The van der Waals surface area contributed by atoms with Gasteiger partial charge in [0.2, 0.25) is 0 Å². The van der Waals surface area contributed by atoms with Crippen LogP contribution in [-0.4, -0.2) is 30.0 Å². The van der Waals surface area contributed by atoms with Crippen molar-refractivity contribution in [1.29, 1.82) is 0 Å². The number of halogens is 1. The Morgan fingerprint density at radius 3 is 1.82 bits per heavy atom. The third-order valence-corrected chi connectivity index (χ3v) is 4.53. The number of hydrogen-bond acceptors (Lipinski definition) is 4. The molecule has 144 valence electrons. The Morgan fingerprint density at radius 2 is 1.39 bits per heavy atom. The molecule has 3 rings (SSSR count). The van der Waals surface area contributed by atoms with E-state index in [1.165, 1.54) is 6.20 Å². The van der Waals surface area contributed by atoms with Crippen molar-refractivity contribution in [1.82, 2.24) is 9.88 Å². The van der Waals surface area contributed by atoms with E-state index in [0.29, 0.717) is 23.8 Å². The summed E-state index contributed by atoms with van der Waals surface area (Å²) in [4.78, 5) is 18.9. The Kier molecular flexibility index (Phi) is 6.50. The molecule has 2 aromatic carbocycles. The fourth-order valence-corrected chi connectivity index (χ4v) is 2.99. The summed E-state index contributed by atoms with van der Waals surface area (Å²) < 4.78 is 10.4. The van der Waals surface area contributed by atoms with Crippen LogP contribution in [0.1, 0.15) is 21.5 Å². The van der Waals surface area contributed by atoms with Gasteiger partial charge in [-0.1, -0.05) is 35.9 Å². The van der Waals surface area contributed by atoms with Crippen molar-refractivity contribution in [2.75, 3.05) is 14.2 Å². The smallest absolute Gasteiger partial charge is 0.254 e. The van der Waals surface area contributed by atoms with E-state index in [0.717, 1.165) is 22.6 Å². The summed E-state index contributed by atoms with van der Waals surface area (Å²) >= 11 is 5.97. The van der Waals surface area contributed by atoms with Gasteiger partial charge in [0.1, 0.15) is 16.7 Å². The molecule has 3 aromatic rings. The molecule has 0 fully saturated rings. The lowest BCUT2D eigenvalue weighted by Crippen LogP contribution is -2.30. The monoisotopic (exact) mass is 396 g/mol. The zero-order valence-corrected chi connectivity index (χ0v) is 16.5. The largest absolute Gasteiger partial charge is 0.497 e. The molecule has 1 amide bonds. The Bertz CT molecular complexity index is 878.